The summed E-state index contributed by atoms with van der Waals surface area (Å²) in [4.78, 5) is 14.7. The van der Waals surface area contributed by atoms with Gasteiger partial charge in [-0.25, -0.2) is 0 Å². The number of H-pyrrole nitrogens is 1. The summed E-state index contributed by atoms with van der Waals surface area (Å²) < 4.78 is 0.435. The molecule has 0 unspecified atom stereocenters. The van der Waals surface area contributed by atoms with Crippen molar-refractivity contribution < 1.29 is 9.90 Å². The minimum atomic E-state index is -0.183. The number of aromatic nitrogens is 1. The predicted molar refractivity (Wildman–Crippen MR) is 69.4 cm³/mol. The molecule has 0 radical (unpaired) electrons. The Hall–Kier alpha value is -1.20. The van der Waals surface area contributed by atoms with Gasteiger partial charge in [-0.15, -0.1) is 0 Å². The highest BCUT2D eigenvalue weighted by molar-refractivity contribution is 7.71. The van der Waals surface area contributed by atoms with Crippen LogP contribution >= 0.6 is 12.2 Å². The van der Waals surface area contributed by atoms with Crippen molar-refractivity contribution in [3.8, 4) is 0 Å². The Kier molecular flexibility index (Phi) is 4.84. The molecule has 1 rings (SSSR count). The van der Waals surface area contributed by atoms with Crippen molar-refractivity contribution in [2.45, 2.75) is 20.3 Å². The van der Waals surface area contributed by atoms with E-state index in [1.54, 1.807) is 18.3 Å². The third-order valence-electron chi connectivity index (χ3n) is 2.58. The molecule has 0 aliphatic heterocycles. The van der Waals surface area contributed by atoms with Crippen LogP contribution in [0.25, 0.3) is 0 Å². The summed E-state index contributed by atoms with van der Waals surface area (Å²) in [7, 11) is 0. The summed E-state index contributed by atoms with van der Waals surface area (Å²) in [6, 6.07) is 3.43. The Bertz CT molecular complexity index is 440. The van der Waals surface area contributed by atoms with Gasteiger partial charge in [0.1, 0.15) is 4.64 Å². The fourth-order valence-corrected chi connectivity index (χ4v) is 1.63. The Morgan fingerprint density at radius 3 is 2.88 bits per heavy atom. The Balaban J connectivity index is 2.63. The summed E-state index contributed by atoms with van der Waals surface area (Å²) in [5.74, 6) is -0.183. The number of aromatic amines is 1. The van der Waals surface area contributed by atoms with E-state index in [4.69, 9.17) is 17.3 Å². The van der Waals surface area contributed by atoms with E-state index >= 15 is 0 Å². The maximum atomic E-state index is 11.9. The Morgan fingerprint density at radius 2 is 2.29 bits per heavy atom. The van der Waals surface area contributed by atoms with Crippen molar-refractivity contribution >= 4 is 18.1 Å². The van der Waals surface area contributed by atoms with Crippen molar-refractivity contribution in [3.05, 3.63) is 28.5 Å². The zero-order chi connectivity index (χ0) is 12.9. The van der Waals surface area contributed by atoms with E-state index in [1.807, 2.05) is 13.8 Å². The highest BCUT2D eigenvalue weighted by atomic mass is 32.1. The van der Waals surface area contributed by atoms with Gasteiger partial charge in [-0.05, 0) is 24.0 Å². The van der Waals surface area contributed by atoms with Crippen LogP contribution in [0.1, 0.15) is 30.6 Å². The van der Waals surface area contributed by atoms with Gasteiger partial charge in [0, 0.05) is 19.3 Å². The van der Waals surface area contributed by atoms with Crippen LogP contribution in [0.3, 0.4) is 0 Å². The van der Waals surface area contributed by atoms with E-state index in [1.165, 1.54) is 0 Å². The summed E-state index contributed by atoms with van der Waals surface area (Å²) in [5.41, 5.74) is 0.354. The number of hydrogen-bond acceptors (Lipinski definition) is 3. The normalized spacial score (nSPS) is 11.2. The van der Waals surface area contributed by atoms with Crippen LogP contribution in [-0.4, -0.2) is 29.1 Å². The third-order valence-corrected chi connectivity index (χ3v) is 2.92. The lowest BCUT2D eigenvalue weighted by atomic mass is 9.90. The first kappa shape index (κ1) is 13.9. The fourth-order valence-electron chi connectivity index (χ4n) is 1.41. The molecule has 0 aliphatic rings. The van der Waals surface area contributed by atoms with E-state index < -0.39 is 0 Å². The number of aliphatic hydroxyl groups is 1. The van der Waals surface area contributed by atoms with Gasteiger partial charge in [-0.3, -0.25) is 4.79 Å². The zero-order valence-corrected chi connectivity index (χ0v) is 10.9. The average molecular weight is 254 g/mol. The van der Waals surface area contributed by atoms with E-state index in [-0.39, 0.29) is 17.9 Å². The van der Waals surface area contributed by atoms with Crippen molar-refractivity contribution in [2.24, 2.45) is 5.41 Å². The first-order valence-electron chi connectivity index (χ1n) is 5.53. The molecule has 4 nitrogen and oxygen atoms in total. The minimum Gasteiger partial charge on any atom is -0.396 e. The first-order chi connectivity index (χ1) is 7.96. The van der Waals surface area contributed by atoms with Crippen molar-refractivity contribution in [1.82, 2.24) is 10.3 Å². The molecule has 1 aromatic heterocycles. The molecule has 5 heteroatoms. The topological polar surface area (TPSA) is 65.1 Å². The molecular formula is C12H18N2O2S. The zero-order valence-electron chi connectivity index (χ0n) is 10.1. The Morgan fingerprint density at radius 1 is 1.59 bits per heavy atom. The smallest absolute Gasteiger partial charge is 0.254 e. The molecule has 0 spiro atoms. The number of rotatable bonds is 5. The third kappa shape index (κ3) is 4.28. The maximum Gasteiger partial charge on any atom is 0.254 e. The largest absolute Gasteiger partial charge is 0.396 e. The standard InChI is InChI=1S/C12H18N2O2S/c1-12(2,5-7-15)8-14-10(16)9-4-3-6-13-11(9)17/h3-4,6,15H,5,7-8H2,1-2H3,(H,13,17)(H,14,16). The van der Waals surface area contributed by atoms with Crippen LogP contribution in [0.15, 0.2) is 18.3 Å². The average Bonchev–Trinajstić information content (AvgIpc) is 2.27. The van der Waals surface area contributed by atoms with Gasteiger partial charge in [0.05, 0.1) is 5.56 Å². The number of hydrogen-bond donors (Lipinski definition) is 3. The molecule has 0 saturated heterocycles. The second-order valence-corrected chi connectivity index (χ2v) is 5.14. The molecule has 3 N–H and O–H groups in total. The molecule has 1 amide bonds. The summed E-state index contributed by atoms with van der Waals surface area (Å²) in [6.07, 6.45) is 2.34. The summed E-state index contributed by atoms with van der Waals surface area (Å²) in [5, 5.41) is 11.7. The van der Waals surface area contributed by atoms with Crippen LogP contribution in [-0.2, 0) is 0 Å². The molecule has 0 aromatic carbocycles. The number of pyridine rings is 1. The fraction of sp³-hybridized carbons (Fsp3) is 0.500. The maximum absolute atomic E-state index is 11.9. The molecule has 1 aromatic rings. The lowest BCUT2D eigenvalue weighted by Crippen LogP contribution is -2.34. The minimum absolute atomic E-state index is 0.119. The second-order valence-electron chi connectivity index (χ2n) is 4.73. The van der Waals surface area contributed by atoms with Gasteiger partial charge in [0.2, 0.25) is 0 Å². The second kappa shape index (κ2) is 5.93. The van der Waals surface area contributed by atoms with Gasteiger partial charge in [0.15, 0.2) is 0 Å². The molecule has 1 heterocycles. The molecule has 0 bridgehead atoms. The number of carbonyl (C=O) groups excluding carboxylic acids is 1. The van der Waals surface area contributed by atoms with E-state index in [9.17, 15) is 4.79 Å². The van der Waals surface area contributed by atoms with E-state index in [0.29, 0.717) is 23.2 Å². The summed E-state index contributed by atoms with van der Waals surface area (Å²) >= 11 is 5.03. The summed E-state index contributed by atoms with van der Waals surface area (Å²) in [6.45, 7) is 4.62. The van der Waals surface area contributed by atoms with Crippen LogP contribution in [0.2, 0.25) is 0 Å². The SMILES string of the molecule is CC(C)(CCO)CNC(=O)c1ccc[nH]c1=S. The van der Waals surface area contributed by atoms with Gasteiger partial charge in [-0.2, -0.15) is 0 Å². The van der Waals surface area contributed by atoms with Gasteiger partial charge >= 0.3 is 0 Å². The molecule has 0 saturated carbocycles. The molecular weight excluding hydrogens is 236 g/mol. The van der Waals surface area contributed by atoms with E-state index in [0.717, 1.165) is 0 Å². The molecule has 94 valence electrons. The van der Waals surface area contributed by atoms with Crippen LogP contribution in [0.4, 0.5) is 0 Å². The first-order valence-corrected chi connectivity index (χ1v) is 5.94. The highest BCUT2D eigenvalue weighted by Gasteiger charge is 2.18. The van der Waals surface area contributed by atoms with Crippen molar-refractivity contribution in [1.29, 1.82) is 0 Å². The number of carbonyl (C=O) groups is 1. The molecule has 0 fully saturated rings. The van der Waals surface area contributed by atoms with Gasteiger partial charge in [-0.1, -0.05) is 26.1 Å². The van der Waals surface area contributed by atoms with E-state index in [2.05, 4.69) is 10.3 Å². The lowest BCUT2D eigenvalue weighted by Gasteiger charge is -2.23. The van der Waals surface area contributed by atoms with Crippen molar-refractivity contribution in [2.75, 3.05) is 13.2 Å². The monoisotopic (exact) mass is 254 g/mol. The highest BCUT2D eigenvalue weighted by Crippen LogP contribution is 2.18. The molecule has 0 atom stereocenters. The van der Waals surface area contributed by atoms with Crippen molar-refractivity contribution in [3.63, 3.8) is 0 Å². The van der Waals surface area contributed by atoms with Crippen LogP contribution in [0.5, 0.6) is 0 Å². The quantitative estimate of drug-likeness (QED) is 0.703. The number of nitrogens with one attached hydrogen (secondary N) is 2. The molecule has 0 aliphatic carbocycles. The number of aliphatic hydroxyl groups excluding tert-OH is 1. The molecule has 17 heavy (non-hydrogen) atoms. The van der Waals surface area contributed by atoms with Crippen LogP contribution in [0, 0.1) is 10.1 Å². The van der Waals surface area contributed by atoms with Gasteiger partial charge < -0.3 is 15.4 Å². The van der Waals surface area contributed by atoms with Gasteiger partial charge in [0.25, 0.3) is 5.91 Å². The Labute approximate surface area is 106 Å². The van der Waals surface area contributed by atoms with Crippen LogP contribution < -0.4 is 5.32 Å². The lowest BCUT2D eigenvalue weighted by molar-refractivity contribution is 0.0927. The predicted octanol–water partition coefficient (Wildman–Crippen LogP) is 1.88. The number of amides is 1.